The minimum atomic E-state index is -0.558. The summed E-state index contributed by atoms with van der Waals surface area (Å²) in [4.78, 5) is 13.8. The van der Waals surface area contributed by atoms with E-state index in [1.807, 2.05) is 19.0 Å². The van der Waals surface area contributed by atoms with Gasteiger partial charge in [-0.25, -0.2) is 4.39 Å². The van der Waals surface area contributed by atoms with Gasteiger partial charge in [0.2, 0.25) is 0 Å². The molecule has 0 aromatic heterocycles. The van der Waals surface area contributed by atoms with Crippen LogP contribution in [0.1, 0.15) is 32.6 Å². The average molecular weight is 240 g/mol. The van der Waals surface area contributed by atoms with Crippen molar-refractivity contribution in [1.29, 1.82) is 0 Å². The van der Waals surface area contributed by atoms with Gasteiger partial charge in [-0.3, -0.25) is 4.79 Å². The predicted octanol–water partition coefficient (Wildman–Crippen LogP) is 1.85. The van der Waals surface area contributed by atoms with Crippen molar-refractivity contribution < 1.29 is 9.18 Å². The van der Waals surface area contributed by atoms with Crippen LogP contribution >= 0.6 is 0 Å². The van der Waals surface area contributed by atoms with Crippen LogP contribution < -0.4 is 5.32 Å². The molecule has 0 aliphatic heterocycles. The zero-order valence-corrected chi connectivity index (χ0v) is 10.8. The van der Waals surface area contributed by atoms with E-state index >= 15 is 0 Å². The summed E-state index contributed by atoms with van der Waals surface area (Å²) in [5, 5.41) is 2.85. The van der Waals surface area contributed by atoms with Gasteiger partial charge >= 0.3 is 0 Å². The fourth-order valence-corrected chi connectivity index (χ4v) is 2.25. The number of carbonyl (C=O) groups is 1. The summed E-state index contributed by atoms with van der Waals surface area (Å²) in [6.07, 6.45) is 3.95. The Bertz CT molecular complexity index is 354. The van der Waals surface area contributed by atoms with Crippen molar-refractivity contribution in [2.75, 3.05) is 20.6 Å². The van der Waals surface area contributed by atoms with E-state index in [1.165, 1.54) is 0 Å². The fourth-order valence-electron chi connectivity index (χ4n) is 2.25. The van der Waals surface area contributed by atoms with Gasteiger partial charge < -0.3 is 10.2 Å². The van der Waals surface area contributed by atoms with Crippen molar-refractivity contribution in [3.63, 3.8) is 0 Å². The SMILES string of the molecule is C/C(=C(/F)C(=O)NC1(CN(C)C)CC1)C1CC1. The second-order valence-corrected chi connectivity index (χ2v) is 5.74. The lowest BCUT2D eigenvalue weighted by molar-refractivity contribution is -0.120. The molecule has 2 aliphatic rings. The number of amides is 1. The smallest absolute Gasteiger partial charge is 0.280 e. The molecule has 17 heavy (non-hydrogen) atoms. The summed E-state index contributed by atoms with van der Waals surface area (Å²) in [6.45, 7) is 2.52. The van der Waals surface area contributed by atoms with Crippen LogP contribution in [0.5, 0.6) is 0 Å². The maximum Gasteiger partial charge on any atom is 0.280 e. The second kappa shape index (κ2) is 4.41. The summed E-state index contributed by atoms with van der Waals surface area (Å²) in [7, 11) is 3.93. The van der Waals surface area contributed by atoms with E-state index in [0.717, 1.165) is 32.2 Å². The molecule has 1 amide bonds. The van der Waals surface area contributed by atoms with Crippen molar-refractivity contribution in [2.45, 2.75) is 38.1 Å². The topological polar surface area (TPSA) is 32.3 Å². The molecule has 0 aromatic carbocycles. The fraction of sp³-hybridized carbons (Fsp3) is 0.769. The van der Waals surface area contributed by atoms with Gasteiger partial charge in [0.25, 0.3) is 5.91 Å². The van der Waals surface area contributed by atoms with E-state index in [1.54, 1.807) is 6.92 Å². The molecule has 3 nitrogen and oxygen atoms in total. The number of nitrogens with one attached hydrogen (secondary N) is 1. The number of hydrogen-bond donors (Lipinski definition) is 1. The lowest BCUT2D eigenvalue weighted by Crippen LogP contribution is -2.44. The number of rotatable bonds is 5. The molecular formula is C13H21FN2O. The van der Waals surface area contributed by atoms with E-state index in [-0.39, 0.29) is 5.54 Å². The maximum atomic E-state index is 13.8. The van der Waals surface area contributed by atoms with Crippen molar-refractivity contribution in [2.24, 2.45) is 5.92 Å². The van der Waals surface area contributed by atoms with Gasteiger partial charge in [-0.15, -0.1) is 0 Å². The molecule has 0 atom stereocenters. The predicted molar refractivity (Wildman–Crippen MR) is 65.2 cm³/mol. The van der Waals surface area contributed by atoms with Crippen LogP contribution in [-0.2, 0) is 4.79 Å². The molecule has 0 aromatic rings. The highest BCUT2D eigenvalue weighted by Gasteiger charge is 2.45. The standard InChI is InChI=1S/C13H21FN2O/c1-9(10-4-5-10)11(14)12(17)15-13(6-7-13)8-16(2)3/h10H,4-8H2,1-3H3,(H,15,17)/b11-9-. The monoisotopic (exact) mass is 240 g/mol. The number of carbonyl (C=O) groups excluding carboxylic acids is 1. The highest BCUT2D eigenvalue weighted by atomic mass is 19.1. The van der Waals surface area contributed by atoms with E-state index < -0.39 is 11.7 Å². The number of hydrogen-bond acceptors (Lipinski definition) is 2. The van der Waals surface area contributed by atoms with Gasteiger partial charge in [-0.05, 0) is 58.2 Å². The first kappa shape index (κ1) is 12.6. The Kier molecular flexibility index (Phi) is 3.25. The summed E-state index contributed by atoms with van der Waals surface area (Å²) in [5.74, 6) is -0.768. The van der Waals surface area contributed by atoms with E-state index in [4.69, 9.17) is 0 Å². The van der Waals surface area contributed by atoms with Crippen LogP contribution in [0, 0.1) is 5.92 Å². The van der Waals surface area contributed by atoms with Crippen LogP contribution in [0.15, 0.2) is 11.4 Å². The molecule has 0 heterocycles. The molecule has 2 fully saturated rings. The molecule has 0 radical (unpaired) electrons. The van der Waals surface area contributed by atoms with Crippen LogP contribution in [0.4, 0.5) is 4.39 Å². The van der Waals surface area contributed by atoms with Crippen molar-refractivity contribution >= 4 is 5.91 Å². The van der Waals surface area contributed by atoms with Crippen molar-refractivity contribution in [3.05, 3.63) is 11.4 Å². The van der Waals surface area contributed by atoms with Gasteiger partial charge in [0.1, 0.15) is 0 Å². The first-order valence-electron chi connectivity index (χ1n) is 6.27. The van der Waals surface area contributed by atoms with Crippen molar-refractivity contribution in [3.8, 4) is 0 Å². The molecule has 1 N–H and O–H groups in total. The third kappa shape index (κ3) is 3.06. The number of nitrogens with zero attached hydrogens (tertiary/aromatic N) is 1. The molecule has 2 aliphatic carbocycles. The zero-order chi connectivity index (χ0) is 12.6. The Morgan fingerprint density at radius 2 is 2.00 bits per heavy atom. The molecule has 2 saturated carbocycles. The van der Waals surface area contributed by atoms with E-state index in [2.05, 4.69) is 5.32 Å². The Hall–Kier alpha value is -0.900. The number of halogens is 1. The highest BCUT2D eigenvalue weighted by molar-refractivity contribution is 5.92. The maximum absolute atomic E-state index is 13.8. The van der Waals surface area contributed by atoms with Gasteiger partial charge in [-0.1, -0.05) is 0 Å². The summed E-state index contributed by atoms with van der Waals surface area (Å²) >= 11 is 0. The molecule has 0 unspecified atom stereocenters. The minimum absolute atomic E-state index is 0.179. The Balaban J connectivity index is 1.95. The van der Waals surface area contributed by atoms with E-state index in [0.29, 0.717) is 11.5 Å². The van der Waals surface area contributed by atoms with Crippen LogP contribution in [0.2, 0.25) is 0 Å². The summed E-state index contributed by atoms with van der Waals surface area (Å²) < 4.78 is 13.8. The Labute approximate surface area is 102 Å². The molecular weight excluding hydrogens is 219 g/mol. The molecule has 4 heteroatoms. The first-order chi connectivity index (χ1) is 7.93. The van der Waals surface area contributed by atoms with Crippen LogP contribution in [-0.4, -0.2) is 37.0 Å². The second-order valence-electron chi connectivity index (χ2n) is 5.74. The van der Waals surface area contributed by atoms with Gasteiger partial charge in [-0.2, -0.15) is 0 Å². The Morgan fingerprint density at radius 3 is 2.41 bits per heavy atom. The van der Waals surface area contributed by atoms with Crippen LogP contribution in [0.25, 0.3) is 0 Å². The first-order valence-corrected chi connectivity index (χ1v) is 6.27. The molecule has 0 saturated heterocycles. The largest absolute Gasteiger partial charge is 0.343 e. The van der Waals surface area contributed by atoms with Gasteiger partial charge in [0.15, 0.2) is 5.83 Å². The molecule has 96 valence electrons. The van der Waals surface area contributed by atoms with E-state index in [9.17, 15) is 9.18 Å². The normalized spacial score (nSPS) is 23.4. The van der Waals surface area contributed by atoms with Gasteiger partial charge in [0, 0.05) is 6.54 Å². The summed E-state index contributed by atoms with van der Waals surface area (Å²) in [6, 6.07) is 0. The van der Waals surface area contributed by atoms with Crippen molar-refractivity contribution in [1.82, 2.24) is 10.2 Å². The summed E-state index contributed by atoms with van der Waals surface area (Å²) in [5.41, 5.74) is 0.449. The van der Waals surface area contributed by atoms with Gasteiger partial charge in [0.05, 0.1) is 5.54 Å². The average Bonchev–Trinajstić information content (AvgIpc) is 3.09. The highest BCUT2D eigenvalue weighted by Crippen LogP contribution is 2.39. The molecule has 0 spiro atoms. The minimum Gasteiger partial charge on any atom is -0.343 e. The number of allylic oxidation sites excluding steroid dienone is 1. The van der Waals surface area contributed by atoms with Crippen LogP contribution in [0.3, 0.4) is 0 Å². The lowest BCUT2D eigenvalue weighted by atomic mass is 10.1. The zero-order valence-electron chi connectivity index (χ0n) is 10.8. The molecule has 0 bridgehead atoms. The molecule has 2 rings (SSSR count). The third-order valence-electron chi connectivity index (χ3n) is 3.59. The third-order valence-corrected chi connectivity index (χ3v) is 3.59. The number of likely N-dealkylation sites (N-methyl/N-ethyl adjacent to an activating group) is 1. The Morgan fingerprint density at radius 1 is 1.41 bits per heavy atom. The lowest BCUT2D eigenvalue weighted by Gasteiger charge is -2.21. The quantitative estimate of drug-likeness (QED) is 0.744.